The molecule has 3 N–H and O–H groups in total. The first-order valence-corrected chi connectivity index (χ1v) is 7.61. The Morgan fingerprint density at radius 1 is 1.10 bits per heavy atom. The van der Waals surface area contributed by atoms with Crippen LogP contribution in [0.1, 0.15) is 24.0 Å². The SMILES string of the molecule is Cc1ccc2cc(CCNCC3(CN)CC3)ccc2c1. The number of nitrogens with one attached hydrogen (secondary N) is 1. The first-order chi connectivity index (χ1) is 9.71. The van der Waals surface area contributed by atoms with E-state index in [4.69, 9.17) is 5.73 Å². The second kappa shape index (κ2) is 5.55. The predicted octanol–water partition coefficient (Wildman–Crippen LogP) is 3.02. The highest BCUT2D eigenvalue weighted by Gasteiger charge is 2.40. The molecule has 0 aromatic heterocycles. The molecule has 106 valence electrons. The third-order valence-electron chi connectivity index (χ3n) is 4.54. The topological polar surface area (TPSA) is 38.0 Å². The van der Waals surface area contributed by atoms with Gasteiger partial charge in [-0.05, 0) is 61.0 Å². The van der Waals surface area contributed by atoms with E-state index in [1.807, 2.05) is 0 Å². The standard InChI is InChI=1S/C18H24N2/c1-14-2-4-17-11-15(3-5-16(17)10-14)6-9-20-13-18(12-19)7-8-18/h2-5,10-11,20H,6-9,12-13,19H2,1H3. The van der Waals surface area contributed by atoms with Gasteiger partial charge in [-0.15, -0.1) is 0 Å². The van der Waals surface area contributed by atoms with Crippen LogP contribution in [-0.4, -0.2) is 19.6 Å². The van der Waals surface area contributed by atoms with E-state index in [2.05, 4.69) is 48.6 Å². The Morgan fingerprint density at radius 3 is 2.60 bits per heavy atom. The fourth-order valence-corrected chi connectivity index (χ4v) is 2.79. The fraction of sp³-hybridized carbons (Fsp3) is 0.444. The third kappa shape index (κ3) is 3.02. The first kappa shape index (κ1) is 13.6. The van der Waals surface area contributed by atoms with Crippen molar-refractivity contribution in [2.24, 2.45) is 11.1 Å². The highest BCUT2D eigenvalue weighted by molar-refractivity contribution is 5.83. The summed E-state index contributed by atoms with van der Waals surface area (Å²) in [4.78, 5) is 0. The molecular formula is C18H24N2. The van der Waals surface area contributed by atoms with Gasteiger partial charge >= 0.3 is 0 Å². The normalized spacial score (nSPS) is 16.5. The second-order valence-corrected chi connectivity index (χ2v) is 6.32. The van der Waals surface area contributed by atoms with Gasteiger partial charge < -0.3 is 11.1 Å². The van der Waals surface area contributed by atoms with Crippen LogP contribution in [0.3, 0.4) is 0 Å². The monoisotopic (exact) mass is 268 g/mol. The molecule has 1 aliphatic carbocycles. The molecule has 2 nitrogen and oxygen atoms in total. The summed E-state index contributed by atoms with van der Waals surface area (Å²) < 4.78 is 0. The predicted molar refractivity (Wildman–Crippen MR) is 86.0 cm³/mol. The number of benzene rings is 2. The Bertz CT molecular complexity index is 599. The lowest BCUT2D eigenvalue weighted by Gasteiger charge is -2.13. The van der Waals surface area contributed by atoms with Gasteiger partial charge in [-0.1, -0.05) is 42.0 Å². The molecule has 0 unspecified atom stereocenters. The van der Waals surface area contributed by atoms with E-state index in [1.54, 1.807) is 0 Å². The van der Waals surface area contributed by atoms with E-state index in [9.17, 15) is 0 Å². The molecule has 1 saturated carbocycles. The molecule has 2 heteroatoms. The van der Waals surface area contributed by atoms with Crippen LogP contribution in [0, 0.1) is 12.3 Å². The maximum atomic E-state index is 5.80. The van der Waals surface area contributed by atoms with Crippen molar-refractivity contribution in [1.82, 2.24) is 5.32 Å². The zero-order chi connectivity index (χ0) is 14.0. The molecule has 0 bridgehead atoms. The van der Waals surface area contributed by atoms with Gasteiger partial charge in [0.15, 0.2) is 0 Å². The average molecular weight is 268 g/mol. The number of fused-ring (bicyclic) bond motifs is 1. The van der Waals surface area contributed by atoms with Gasteiger partial charge in [0.1, 0.15) is 0 Å². The molecule has 0 spiro atoms. The molecule has 0 atom stereocenters. The summed E-state index contributed by atoms with van der Waals surface area (Å²) >= 11 is 0. The van der Waals surface area contributed by atoms with Gasteiger partial charge in [0, 0.05) is 6.54 Å². The molecule has 1 fully saturated rings. The molecular weight excluding hydrogens is 244 g/mol. The van der Waals surface area contributed by atoms with Crippen molar-refractivity contribution in [3.8, 4) is 0 Å². The van der Waals surface area contributed by atoms with Gasteiger partial charge in [0.2, 0.25) is 0 Å². The first-order valence-electron chi connectivity index (χ1n) is 7.61. The molecule has 0 radical (unpaired) electrons. The molecule has 1 aliphatic rings. The van der Waals surface area contributed by atoms with Crippen LogP contribution in [0.5, 0.6) is 0 Å². The molecule has 0 saturated heterocycles. The smallest absolute Gasteiger partial charge is 0.00200 e. The van der Waals surface area contributed by atoms with Crippen molar-refractivity contribution in [3.63, 3.8) is 0 Å². The van der Waals surface area contributed by atoms with E-state index in [-0.39, 0.29) is 0 Å². The van der Waals surface area contributed by atoms with Crippen molar-refractivity contribution in [2.75, 3.05) is 19.6 Å². The number of aryl methyl sites for hydroxylation is 1. The van der Waals surface area contributed by atoms with E-state index >= 15 is 0 Å². The Labute approximate surface area is 121 Å². The van der Waals surface area contributed by atoms with Gasteiger partial charge in [-0.2, -0.15) is 0 Å². The number of rotatable bonds is 6. The molecule has 3 rings (SSSR count). The Hall–Kier alpha value is -1.38. The zero-order valence-corrected chi connectivity index (χ0v) is 12.3. The number of hydrogen-bond donors (Lipinski definition) is 2. The third-order valence-corrected chi connectivity index (χ3v) is 4.54. The average Bonchev–Trinajstić information content (AvgIpc) is 3.24. The summed E-state index contributed by atoms with van der Waals surface area (Å²) in [7, 11) is 0. The Balaban J connectivity index is 1.56. The van der Waals surface area contributed by atoms with Crippen LogP contribution in [0.25, 0.3) is 10.8 Å². The molecule has 2 aromatic rings. The molecule has 0 heterocycles. The molecule has 20 heavy (non-hydrogen) atoms. The fourth-order valence-electron chi connectivity index (χ4n) is 2.79. The van der Waals surface area contributed by atoms with Crippen LogP contribution < -0.4 is 11.1 Å². The van der Waals surface area contributed by atoms with Crippen molar-refractivity contribution < 1.29 is 0 Å². The second-order valence-electron chi connectivity index (χ2n) is 6.32. The van der Waals surface area contributed by atoms with E-state index < -0.39 is 0 Å². The largest absolute Gasteiger partial charge is 0.330 e. The minimum atomic E-state index is 0.431. The lowest BCUT2D eigenvalue weighted by Crippen LogP contribution is -2.30. The minimum absolute atomic E-state index is 0.431. The number of hydrogen-bond acceptors (Lipinski definition) is 2. The van der Waals surface area contributed by atoms with Gasteiger partial charge in [0.05, 0.1) is 0 Å². The summed E-state index contributed by atoms with van der Waals surface area (Å²) in [5, 5.41) is 6.24. The summed E-state index contributed by atoms with van der Waals surface area (Å²) in [6, 6.07) is 13.4. The summed E-state index contributed by atoms with van der Waals surface area (Å²) in [6.07, 6.45) is 3.68. The maximum absolute atomic E-state index is 5.80. The van der Waals surface area contributed by atoms with Crippen LogP contribution in [0.2, 0.25) is 0 Å². The maximum Gasteiger partial charge on any atom is 0.00200 e. The van der Waals surface area contributed by atoms with Crippen LogP contribution in [0.15, 0.2) is 36.4 Å². The van der Waals surface area contributed by atoms with Crippen molar-refractivity contribution in [1.29, 1.82) is 0 Å². The van der Waals surface area contributed by atoms with Crippen LogP contribution >= 0.6 is 0 Å². The Kier molecular flexibility index (Phi) is 3.77. The highest BCUT2D eigenvalue weighted by atomic mass is 14.9. The highest BCUT2D eigenvalue weighted by Crippen LogP contribution is 2.43. The summed E-state index contributed by atoms with van der Waals surface area (Å²) in [6.45, 7) is 5.09. The van der Waals surface area contributed by atoms with Gasteiger partial charge in [-0.25, -0.2) is 0 Å². The lowest BCUT2D eigenvalue weighted by atomic mass is 10.0. The van der Waals surface area contributed by atoms with Crippen molar-refractivity contribution >= 4 is 10.8 Å². The molecule has 2 aromatic carbocycles. The van der Waals surface area contributed by atoms with Crippen LogP contribution in [-0.2, 0) is 6.42 Å². The van der Waals surface area contributed by atoms with Crippen LogP contribution in [0.4, 0.5) is 0 Å². The van der Waals surface area contributed by atoms with E-state index in [0.717, 1.165) is 26.1 Å². The molecule has 0 aliphatic heterocycles. The molecule has 0 amide bonds. The lowest BCUT2D eigenvalue weighted by molar-refractivity contribution is 0.470. The van der Waals surface area contributed by atoms with E-state index in [1.165, 1.54) is 34.7 Å². The minimum Gasteiger partial charge on any atom is -0.330 e. The quantitative estimate of drug-likeness (QED) is 0.790. The number of nitrogens with two attached hydrogens (primary N) is 1. The van der Waals surface area contributed by atoms with Crippen molar-refractivity contribution in [2.45, 2.75) is 26.2 Å². The summed E-state index contributed by atoms with van der Waals surface area (Å²) in [5.74, 6) is 0. The zero-order valence-electron chi connectivity index (χ0n) is 12.3. The Morgan fingerprint density at radius 2 is 1.85 bits per heavy atom. The van der Waals surface area contributed by atoms with Gasteiger partial charge in [-0.3, -0.25) is 0 Å². The van der Waals surface area contributed by atoms with Gasteiger partial charge in [0.25, 0.3) is 0 Å². The summed E-state index contributed by atoms with van der Waals surface area (Å²) in [5.41, 5.74) is 8.96. The van der Waals surface area contributed by atoms with Crippen molar-refractivity contribution in [3.05, 3.63) is 47.5 Å². The van der Waals surface area contributed by atoms with E-state index in [0.29, 0.717) is 5.41 Å².